The summed E-state index contributed by atoms with van der Waals surface area (Å²) < 4.78 is 68.3. The normalized spacial score (nSPS) is 14.5. The number of aliphatic hydroxyl groups is 1. The van der Waals surface area contributed by atoms with Gasteiger partial charge < -0.3 is 33.8 Å². The lowest BCUT2D eigenvalue weighted by Crippen LogP contribution is -2.30. The zero-order valence-corrected chi connectivity index (χ0v) is 60.9. The van der Waals surface area contributed by atoms with E-state index < -0.39 is 97.5 Å². The molecule has 0 saturated heterocycles. The predicted molar refractivity (Wildman–Crippen MR) is 381 cm³/mol. The first-order valence-electron chi connectivity index (χ1n) is 36.8. The minimum Gasteiger partial charge on any atom is -0.462 e. The summed E-state index contributed by atoms with van der Waals surface area (Å²) >= 11 is 0. The fraction of sp³-hybridized carbons (Fsp3) is 0.760. The van der Waals surface area contributed by atoms with Crippen molar-refractivity contribution in [2.75, 3.05) is 39.6 Å². The van der Waals surface area contributed by atoms with Gasteiger partial charge in [0.1, 0.15) is 19.3 Å². The predicted octanol–water partition coefficient (Wildman–Crippen LogP) is 20.7. The molecule has 0 aliphatic heterocycles. The van der Waals surface area contributed by atoms with Gasteiger partial charge >= 0.3 is 39.5 Å². The second-order valence-corrected chi connectivity index (χ2v) is 27.4. The Bertz CT molecular complexity index is 2120. The van der Waals surface area contributed by atoms with Gasteiger partial charge in [-0.25, -0.2) is 9.13 Å². The molecular formula is C75H132O17P2. The van der Waals surface area contributed by atoms with Crippen molar-refractivity contribution >= 4 is 39.5 Å². The number of carbonyl (C=O) groups is 4. The number of phosphoric ester groups is 2. The van der Waals surface area contributed by atoms with Crippen LogP contribution in [-0.4, -0.2) is 96.7 Å². The average molecular weight is 1370 g/mol. The molecule has 0 bridgehead atoms. The van der Waals surface area contributed by atoms with E-state index in [1.165, 1.54) is 89.9 Å². The fourth-order valence-corrected chi connectivity index (χ4v) is 11.4. The van der Waals surface area contributed by atoms with Gasteiger partial charge in [0, 0.05) is 25.7 Å². The van der Waals surface area contributed by atoms with Crippen LogP contribution in [0.2, 0.25) is 0 Å². The second-order valence-electron chi connectivity index (χ2n) is 24.5. The van der Waals surface area contributed by atoms with E-state index in [9.17, 15) is 43.2 Å². The number of aliphatic hydroxyl groups excluding tert-OH is 1. The summed E-state index contributed by atoms with van der Waals surface area (Å²) in [5.41, 5.74) is 0. The first-order valence-corrected chi connectivity index (χ1v) is 39.8. The third kappa shape index (κ3) is 66.8. The Kier molecular flexibility index (Phi) is 65.1. The van der Waals surface area contributed by atoms with Gasteiger partial charge in [-0.3, -0.25) is 37.3 Å². The molecule has 0 rings (SSSR count). The fourth-order valence-electron chi connectivity index (χ4n) is 9.81. The molecular weight excluding hydrogens is 1230 g/mol. The molecule has 0 aromatic heterocycles. The van der Waals surface area contributed by atoms with Gasteiger partial charge in [0.15, 0.2) is 12.2 Å². The monoisotopic (exact) mass is 1370 g/mol. The summed E-state index contributed by atoms with van der Waals surface area (Å²) in [6, 6.07) is 0. The average Bonchev–Trinajstić information content (AvgIpc) is 1.35. The molecule has 0 aliphatic carbocycles. The zero-order chi connectivity index (χ0) is 69.0. The molecule has 19 heteroatoms. The summed E-state index contributed by atoms with van der Waals surface area (Å²) in [6.07, 6.45) is 67.3. The van der Waals surface area contributed by atoms with Crippen molar-refractivity contribution in [1.29, 1.82) is 0 Å². The largest absolute Gasteiger partial charge is 0.472 e. The van der Waals surface area contributed by atoms with Gasteiger partial charge in [0.05, 0.1) is 26.4 Å². The maximum atomic E-state index is 13.0. The lowest BCUT2D eigenvalue weighted by molar-refractivity contribution is -0.161. The van der Waals surface area contributed by atoms with Crippen LogP contribution in [0.1, 0.15) is 310 Å². The summed E-state index contributed by atoms with van der Waals surface area (Å²) in [6.45, 7) is 4.59. The highest BCUT2D eigenvalue weighted by atomic mass is 31.2. The Morgan fingerprint density at radius 3 is 0.872 bits per heavy atom. The van der Waals surface area contributed by atoms with E-state index >= 15 is 0 Å². The topological polar surface area (TPSA) is 237 Å². The van der Waals surface area contributed by atoms with Crippen molar-refractivity contribution in [3.63, 3.8) is 0 Å². The third-order valence-corrected chi connectivity index (χ3v) is 17.3. The lowest BCUT2D eigenvalue weighted by Gasteiger charge is -2.21. The van der Waals surface area contributed by atoms with Crippen LogP contribution >= 0.6 is 15.6 Å². The van der Waals surface area contributed by atoms with Crippen molar-refractivity contribution in [2.45, 2.75) is 329 Å². The van der Waals surface area contributed by atoms with Gasteiger partial charge in [-0.05, 0) is 96.3 Å². The number of carbonyl (C=O) groups excluding carboxylic acids is 4. The molecule has 0 amide bonds. The quantitative estimate of drug-likeness (QED) is 0.0169. The van der Waals surface area contributed by atoms with Crippen molar-refractivity contribution in [2.24, 2.45) is 0 Å². The zero-order valence-electron chi connectivity index (χ0n) is 59.1. The van der Waals surface area contributed by atoms with Crippen LogP contribution in [0.3, 0.4) is 0 Å². The Morgan fingerprint density at radius 1 is 0.309 bits per heavy atom. The van der Waals surface area contributed by atoms with Crippen LogP contribution in [0.25, 0.3) is 0 Å². The molecule has 0 saturated carbocycles. The van der Waals surface area contributed by atoms with E-state index in [-0.39, 0.29) is 25.7 Å². The number of hydrogen-bond donors (Lipinski definition) is 3. The summed E-state index contributed by atoms with van der Waals surface area (Å²) in [5.74, 6) is -2.22. The van der Waals surface area contributed by atoms with Crippen LogP contribution in [-0.2, 0) is 65.4 Å². The van der Waals surface area contributed by atoms with Crippen molar-refractivity contribution in [3.8, 4) is 0 Å². The molecule has 5 atom stereocenters. The Balaban J connectivity index is 5.34. The number of hydrogen-bond acceptors (Lipinski definition) is 15. The van der Waals surface area contributed by atoms with Crippen LogP contribution < -0.4 is 0 Å². The van der Waals surface area contributed by atoms with Gasteiger partial charge in [0.2, 0.25) is 0 Å². The Morgan fingerprint density at radius 2 is 0.553 bits per heavy atom. The number of unbranched alkanes of at least 4 members (excludes halogenated alkanes) is 29. The molecule has 0 spiro atoms. The molecule has 3 N–H and O–H groups in total. The number of esters is 4. The molecule has 544 valence electrons. The standard InChI is InChI=1S/C75H132O17P2/c1-5-9-13-17-21-25-29-32-34-37-40-43-47-51-55-59-72(77)85-65-70(91-74(79)61-57-53-49-45-39-28-24-20-16-12-8-4)67-89-93(81,82)87-63-69(76)64-88-94(83,84)90-68-71(92-75(80)62-58-54-50-46-42-36-31-27-23-19-15-11-7-3)66-86-73(78)60-56-52-48-44-41-38-35-33-30-26-22-18-14-10-6-2/h9-10,13-14,21-22,25-26,32-35,40,43,69-71,76H,5-8,11-12,15-20,23-24,27-31,36-39,41-42,44-68H2,1-4H3,(H,81,82)(H,83,84)/b13-9-,14-10-,25-21-,26-22-,34-32-,35-33-,43-40-. The first-order chi connectivity index (χ1) is 45.7. The van der Waals surface area contributed by atoms with Crippen LogP contribution in [0, 0.1) is 0 Å². The van der Waals surface area contributed by atoms with E-state index in [1.807, 2.05) is 0 Å². The highest BCUT2D eigenvalue weighted by Gasteiger charge is 2.30. The molecule has 17 nitrogen and oxygen atoms in total. The van der Waals surface area contributed by atoms with Gasteiger partial charge in [-0.2, -0.15) is 0 Å². The lowest BCUT2D eigenvalue weighted by atomic mass is 10.0. The highest BCUT2D eigenvalue weighted by molar-refractivity contribution is 7.47. The van der Waals surface area contributed by atoms with Gasteiger partial charge in [-0.15, -0.1) is 0 Å². The smallest absolute Gasteiger partial charge is 0.462 e. The summed E-state index contributed by atoms with van der Waals surface area (Å²) in [7, 11) is -9.94. The van der Waals surface area contributed by atoms with Gasteiger partial charge in [-0.1, -0.05) is 273 Å². The minimum atomic E-state index is -4.97. The number of allylic oxidation sites excluding steroid dienone is 14. The number of ether oxygens (including phenoxy) is 4. The van der Waals surface area contributed by atoms with E-state index in [0.717, 1.165) is 141 Å². The van der Waals surface area contributed by atoms with Crippen LogP contribution in [0.5, 0.6) is 0 Å². The van der Waals surface area contributed by atoms with Crippen LogP contribution in [0.15, 0.2) is 85.1 Å². The summed E-state index contributed by atoms with van der Waals surface area (Å²) in [4.78, 5) is 72.7. The highest BCUT2D eigenvalue weighted by Crippen LogP contribution is 2.45. The van der Waals surface area contributed by atoms with Crippen molar-refractivity contribution in [3.05, 3.63) is 85.1 Å². The number of rotatable bonds is 69. The molecule has 0 radical (unpaired) electrons. The maximum absolute atomic E-state index is 13.0. The Labute approximate surface area is 570 Å². The van der Waals surface area contributed by atoms with E-state index in [1.54, 1.807) is 0 Å². The Hall–Kier alpha value is -3.76. The minimum absolute atomic E-state index is 0.0890. The first kappa shape index (κ1) is 90.2. The molecule has 0 fully saturated rings. The van der Waals surface area contributed by atoms with Crippen LogP contribution in [0.4, 0.5) is 0 Å². The van der Waals surface area contributed by atoms with E-state index in [4.69, 9.17) is 37.0 Å². The van der Waals surface area contributed by atoms with Crippen molar-refractivity contribution in [1.82, 2.24) is 0 Å². The molecule has 0 aliphatic rings. The molecule has 0 aromatic rings. The summed E-state index contributed by atoms with van der Waals surface area (Å²) in [5, 5.41) is 10.6. The van der Waals surface area contributed by atoms with Crippen molar-refractivity contribution < 1.29 is 80.2 Å². The molecule has 0 heterocycles. The van der Waals surface area contributed by atoms with Gasteiger partial charge in [0.25, 0.3) is 0 Å². The SMILES string of the molecule is CC/C=C\C/C=C\C/C=C\C/C=C\CCCCC(=O)OCC(COP(=O)(O)OCC(O)COP(=O)(O)OCC(COC(=O)CCCCCCC/C=C\C/C=C\C/C=C\CC)OC(=O)CCCCCCCCCCCCCCC)OC(=O)CCCCCCCCCCCCC. The maximum Gasteiger partial charge on any atom is 0.472 e. The second kappa shape index (κ2) is 67.8. The van der Waals surface area contributed by atoms with E-state index in [2.05, 4.69) is 113 Å². The molecule has 5 unspecified atom stereocenters. The third-order valence-electron chi connectivity index (χ3n) is 15.4. The van der Waals surface area contributed by atoms with E-state index in [0.29, 0.717) is 25.7 Å². The molecule has 94 heavy (non-hydrogen) atoms. The molecule has 0 aromatic carbocycles. The number of phosphoric acid groups is 2.